The van der Waals surface area contributed by atoms with Crippen LogP contribution in [-0.4, -0.2) is 42.9 Å². The summed E-state index contributed by atoms with van der Waals surface area (Å²) >= 11 is 0. The summed E-state index contributed by atoms with van der Waals surface area (Å²) in [5.74, 6) is -2.05. The highest BCUT2D eigenvalue weighted by molar-refractivity contribution is 6.07. The first-order valence-electron chi connectivity index (χ1n) is 13.8. The molecule has 214 valence electrons. The van der Waals surface area contributed by atoms with Crippen molar-refractivity contribution in [1.29, 1.82) is 0 Å². The molecule has 10 heteroatoms. The predicted octanol–water partition coefficient (Wildman–Crippen LogP) is 6.15. The van der Waals surface area contributed by atoms with Crippen molar-refractivity contribution in [3.63, 3.8) is 0 Å². The van der Waals surface area contributed by atoms with Crippen LogP contribution in [0.25, 0.3) is 33.2 Å². The number of aromatic nitrogens is 5. The second kappa shape index (κ2) is 10.3. The summed E-state index contributed by atoms with van der Waals surface area (Å²) in [6, 6.07) is 8.75. The van der Waals surface area contributed by atoms with E-state index in [1.807, 2.05) is 17.6 Å². The summed E-state index contributed by atoms with van der Waals surface area (Å²) in [7, 11) is 1.79. The van der Waals surface area contributed by atoms with E-state index < -0.39 is 23.1 Å². The van der Waals surface area contributed by atoms with Crippen LogP contribution in [0.3, 0.4) is 0 Å². The van der Waals surface area contributed by atoms with Crippen LogP contribution in [0, 0.1) is 30.3 Å². The maximum atomic E-state index is 15.8. The number of fused-ring (bicyclic) bond motifs is 3. The molecule has 0 amide bonds. The van der Waals surface area contributed by atoms with E-state index in [0.29, 0.717) is 59.1 Å². The van der Waals surface area contributed by atoms with Crippen molar-refractivity contribution in [1.82, 2.24) is 24.5 Å². The van der Waals surface area contributed by atoms with E-state index in [9.17, 15) is 9.50 Å². The van der Waals surface area contributed by atoms with Crippen molar-refractivity contribution in [2.75, 3.05) is 13.2 Å². The molecule has 0 saturated carbocycles. The van der Waals surface area contributed by atoms with Gasteiger partial charge in [0.15, 0.2) is 0 Å². The second-order valence-electron chi connectivity index (χ2n) is 11.5. The van der Waals surface area contributed by atoms with Gasteiger partial charge in [-0.15, -0.1) is 5.10 Å². The van der Waals surface area contributed by atoms with Crippen LogP contribution in [0.1, 0.15) is 49.4 Å². The van der Waals surface area contributed by atoms with Gasteiger partial charge < -0.3 is 14.4 Å². The molecule has 0 bridgehead atoms. The molecule has 1 saturated heterocycles. The molecule has 5 aromatic rings. The highest BCUT2D eigenvalue weighted by Crippen LogP contribution is 2.40. The Morgan fingerprint density at radius 3 is 2.46 bits per heavy atom. The first-order chi connectivity index (χ1) is 19.5. The molecular formula is C31H32F3N5O2. The monoisotopic (exact) mass is 563 g/mol. The van der Waals surface area contributed by atoms with Gasteiger partial charge in [-0.25, -0.2) is 17.9 Å². The van der Waals surface area contributed by atoms with Crippen LogP contribution in [0.5, 0.6) is 0 Å². The van der Waals surface area contributed by atoms with Gasteiger partial charge in [0.05, 0.1) is 38.9 Å². The minimum absolute atomic E-state index is 0.0539. The van der Waals surface area contributed by atoms with E-state index in [4.69, 9.17) is 9.72 Å². The zero-order chi connectivity index (χ0) is 29.1. The largest absolute Gasteiger partial charge is 0.386 e. The normalized spacial score (nSPS) is 15.7. The van der Waals surface area contributed by atoms with E-state index in [1.165, 1.54) is 18.2 Å². The molecule has 1 aliphatic rings. The molecule has 7 nitrogen and oxygen atoms in total. The number of nitrogens with zero attached hydrogens (tertiary/aromatic N) is 5. The Kier molecular flexibility index (Phi) is 6.86. The molecule has 6 rings (SSSR count). The number of aryl methyl sites for hydroxylation is 2. The quantitative estimate of drug-likeness (QED) is 0.268. The third-order valence-corrected chi connectivity index (χ3v) is 8.31. The SMILES string of the molecule is Cc1nnn(C)c1-c1cnc2c3c(F)cc(C(C)(C)O)cc3n(CC(c3ccc(F)cc3F)C3CCOCC3)c2c1. The van der Waals surface area contributed by atoms with Crippen molar-refractivity contribution < 1.29 is 23.0 Å². The Bertz CT molecular complexity index is 1750. The summed E-state index contributed by atoms with van der Waals surface area (Å²) < 4.78 is 54.3. The average Bonchev–Trinajstić information content (AvgIpc) is 3.43. The lowest BCUT2D eigenvalue weighted by molar-refractivity contribution is 0.0555. The van der Waals surface area contributed by atoms with E-state index in [2.05, 4.69) is 10.3 Å². The highest BCUT2D eigenvalue weighted by atomic mass is 19.1. The summed E-state index contributed by atoms with van der Waals surface area (Å²) in [4.78, 5) is 4.71. The van der Waals surface area contributed by atoms with Crippen molar-refractivity contribution in [3.8, 4) is 11.3 Å². The number of ether oxygens (including phenoxy) is 1. The number of halogens is 3. The van der Waals surface area contributed by atoms with E-state index in [1.54, 1.807) is 37.8 Å². The smallest absolute Gasteiger partial charge is 0.135 e. The molecule has 0 spiro atoms. The summed E-state index contributed by atoms with van der Waals surface area (Å²) in [6.45, 7) is 6.45. The topological polar surface area (TPSA) is 78.0 Å². The number of benzene rings is 2. The lowest BCUT2D eigenvalue weighted by Gasteiger charge is -2.32. The number of aliphatic hydroxyl groups is 1. The van der Waals surface area contributed by atoms with Crippen LogP contribution in [0.4, 0.5) is 13.2 Å². The molecule has 1 unspecified atom stereocenters. The van der Waals surface area contributed by atoms with Crippen LogP contribution >= 0.6 is 0 Å². The first kappa shape index (κ1) is 27.4. The molecule has 0 aliphatic carbocycles. The Morgan fingerprint density at radius 1 is 1.05 bits per heavy atom. The van der Waals surface area contributed by atoms with Gasteiger partial charge in [0.2, 0.25) is 0 Å². The number of hydrogen-bond acceptors (Lipinski definition) is 5. The van der Waals surface area contributed by atoms with Gasteiger partial charge in [-0.3, -0.25) is 4.98 Å². The molecule has 3 aromatic heterocycles. The van der Waals surface area contributed by atoms with E-state index in [0.717, 1.165) is 23.0 Å². The molecule has 1 atom stereocenters. The molecule has 2 aromatic carbocycles. The van der Waals surface area contributed by atoms with Crippen LogP contribution < -0.4 is 0 Å². The molecular weight excluding hydrogens is 531 g/mol. The van der Waals surface area contributed by atoms with Gasteiger partial charge in [0.25, 0.3) is 0 Å². The van der Waals surface area contributed by atoms with Crippen LogP contribution in [0.2, 0.25) is 0 Å². The zero-order valence-corrected chi connectivity index (χ0v) is 23.5. The summed E-state index contributed by atoms with van der Waals surface area (Å²) in [6.07, 6.45) is 3.10. The van der Waals surface area contributed by atoms with Gasteiger partial charge in [0.1, 0.15) is 17.5 Å². The van der Waals surface area contributed by atoms with Crippen LogP contribution in [0.15, 0.2) is 42.6 Å². The van der Waals surface area contributed by atoms with Crippen molar-refractivity contribution >= 4 is 21.9 Å². The molecule has 41 heavy (non-hydrogen) atoms. The van der Waals surface area contributed by atoms with Gasteiger partial charge in [-0.1, -0.05) is 11.3 Å². The van der Waals surface area contributed by atoms with E-state index >= 15 is 8.78 Å². The van der Waals surface area contributed by atoms with Crippen molar-refractivity contribution in [2.24, 2.45) is 13.0 Å². The number of hydrogen-bond donors (Lipinski definition) is 1. The minimum Gasteiger partial charge on any atom is -0.386 e. The molecule has 4 heterocycles. The molecule has 1 aliphatic heterocycles. The third-order valence-electron chi connectivity index (χ3n) is 8.31. The fraction of sp³-hybridized carbons (Fsp3) is 0.387. The lowest BCUT2D eigenvalue weighted by atomic mass is 9.81. The maximum Gasteiger partial charge on any atom is 0.135 e. The molecule has 0 radical (unpaired) electrons. The van der Waals surface area contributed by atoms with Gasteiger partial charge in [-0.05, 0) is 74.9 Å². The third kappa shape index (κ3) is 4.89. The molecule has 1 fully saturated rings. The average molecular weight is 564 g/mol. The van der Waals surface area contributed by atoms with Crippen LogP contribution in [-0.2, 0) is 23.9 Å². The Balaban J connectivity index is 1.62. The first-order valence-corrected chi connectivity index (χ1v) is 13.8. The zero-order valence-electron chi connectivity index (χ0n) is 23.5. The highest BCUT2D eigenvalue weighted by Gasteiger charge is 2.31. The fourth-order valence-electron chi connectivity index (χ4n) is 6.17. The Labute approximate surface area is 235 Å². The summed E-state index contributed by atoms with van der Waals surface area (Å²) in [5, 5.41) is 19.4. The number of rotatable bonds is 6. The lowest BCUT2D eigenvalue weighted by Crippen LogP contribution is -2.26. The summed E-state index contributed by atoms with van der Waals surface area (Å²) in [5.41, 5.74) is 3.43. The van der Waals surface area contributed by atoms with E-state index in [-0.39, 0.29) is 18.4 Å². The van der Waals surface area contributed by atoms with Gasteiger partial charge in [0, 0.05) is 50.6 Å². The van der Waals surface area contributed by atoms with Crippen molar-refractivity contribution in [2.45, 2.75) is 51.7 Å². The minimum atomic E-state index is -1.30. The van der Waals surface area contributed by atoms with Gasteiger partial charge in [-0.2, -0.15) is 0 Å². The predicted molar refractivity (Wildman–Crippen MR) is 150 cm³/mol. The maximum absolute atomic E-state index is 15.8. The Hall–Kier alpha value is -3.76. The Morgan fingerprint density at radius 2 is 1.80 bits per heavy atom. The fourth-order valence-corrected chi connectivity index (χ4v) is 6.17. The standard InChI is InChI=1S/C31H32F3N5O2/c1-17-30(38(4)37-36-17)19-11-27-29(35-15-19)28-25(34)12-20(31(2,3)40)13-26(28)39(27)16-23(18-7-9-41-10-8-18)22-6-5-21(32)14-24(22)33/h5-6,11-15,18,23,40H,7-10,16H2,1-4H3. The second-order valence-corrected chi connectivity index (χ2v) is 11.5. The number of pyridine rings is 1. The van der Waals surface area contributed by atoms with Gasteiger partial charge >= 0.3 is 0 Å². The molecule has 1 N–H and O–H groups in total. The van der Waals surface area contributed by atoms with Crippen molar-refractivity contribution in [3.05, 3.63) is 76.9 Å².